The molecule has 9 heteroatoms. The average Bonchev–Trinajstić information content (AvgIpc) is 3.21. The highest BCUT2D eigenvalue weighted by atomic mass is 16.6. The van der Waals surface area contributed by atoms with Crippen molar-refractivity contribution in [3.8, 4) is 0 Å². The Hall–Kier alpha value is -3.10. The Morgan fingerprint density at radius 1 is 1.06 bits per heavy atom. The van der Waals surface area contributed by atoms with Crippen molar-refractivity contribution in [2.75, 3.05) is 37.6 Å². The number of anilines is 1. The zero-order valence-corrected chi connectivity index (χ0v) is 21.3. The van der Waals surface area contributed by atoms with Crippen LogP contribution in [0.25, 0.3) is 0 Å². The fourth-order valence-corrected chi connectivity index (χ4v) is 4.64. The number of benzene rings is 1. The summed E-state index contributed by atoms with van der Waals surface area (Å²) in [4.78, 5) is 53.8. The molecule has 2 aliphatic heterocycles. The first-order chi connectivity index (χ1) is 16.6. The third kappa shape index (κ3) is 7.19. The lowest BCUT2D eigenvalue weighted by molar-refractivity contribution is -0.139. The Morgan fingerprint density at radius 3 is 2.49 bits per heavy atom. The van der Waals surface area contributed by atoms with Crippen LogP contribution in [0.1, 0.15) is 52.5 Å². The molecule has 4 amide bonds. The summed E-state index contributed by atoms with van der Waals surface area (Å²) in [6.45, 7) is 9.27. The molecule has 0 saturated carbocycles. The summed E-state index contributed by atoms with van der Waals surface area (Å²) in [6.07, 6.45) is 1.93. The number of amides is 4. The summed E-state index contributed by atoms with van der Waals surface area (Å²) in [5, 5.41) is 5.45. The number of hydrogen-bond donors (Lipinski definition) is 2. The summed E-state index contributed by atoms with van der Waals surface area (Å²) < 4.78 is 5.17. The van der Waals surface area contributed by atoms with Gasteiger partial charge in [0.2, 0.25) is 17.7 Å². The summed E-state index contributed by atoms with van der Waals surface area (Å²) in [5.41, 5.74) is 1.39. The number of nitrogens with zero attached hydrogens (tertiary/aromatic N) is 2. The van der Waals surface area contributed by atoms with E-state index in [1.54, 1.807) is 30.6 Å². The number of nitrogens with one attached hydrogen (secondary N) is 2. The highest BCUT2D eigenvalue weighted by Gasteiger charge is 2.39. The number of likely N-dealkylation sites (tertiary alicyclic amines) is 1. The minimum Gasteiger partial charge on any atom is -0.444 e. The van der Waals surface area contributed by atoms with Crippen LogP contribution < -0.4 is 15.5 Å². The number of para-hydroxylation sites is 1. The van der Waals surface area contributed by atoms with Crippen molar-refractivity contribution in [1.29, 1.82) is 0 Å². The molecule has 9 nitrogen and oxygen atoms in total. The second kappa shape index (κ2) is 11.6. The first kappa shape index (κ1) is 26.5. The van der Waals surface area contributed by atoms with E-state index in [2.05, 4.69) is 17.6 Å². The SMILES string of the molecule is CCc1ccccc1N1CC(C(=O)N2CCCC(C(=O)NCCNC(=O)OC(C)(C)C)C2)CC1=O. The van der Waals surface area contributed by atoms with Gasteiger partial charge in [-0.3, -0.25) is 14.4 Å². The van der Waals surface area contributed by atoms with Crippen molar-refractivity contribution < 1.29 is 23.9 Å². The molecule has 35 heavy (non-hydrogen) atoms. The van der Waals surface area contributed by atoms with Crippen LogP contribution in [0, 0.1) is 11.8 Å². The summed E-state index contributed by atoms with van der Waals surface area (Å²) in [5.74, 6) is -0.919. The second-order valence-electron chi connectivity index (χ2n) is 10.2. The van der Waals surface area contributed by atoms with Gasteiger partial charge >= 0.3 is 6.09 Å². The van der Waals surface area contributed by atoms with Crippen molar-refractivity contribution >= 4 is 29.5 Å². The number of piperidine rings is 1. The van der Waals surface area contributed by atoms with E-state index in [1.807, 2.05) is 24.3 Å². The maximum atomic E-state index is 13.2. The normalized spacial score (nSPS) is 20.5. The molecule has 2 aliphatic rings. The van der Waals surface area contributed by atoms with E-state index < -0.39 is 17.6 Å². The van der Waals surface area contributed by atoms with Gasteiger partial charge in [0.1, 0.15) is 5.60 Å². The third-order valence-corrected chi connectivity index (χ3v) is 6.33. The number of aryl methyl sites for hydroxylation is 1. The molecule has 2 atom stereocenters. The van der Waals surface area contributed by atoms with Crippen molar-refractivity contribution in [2.45, 2.75) is 59.0 Å². The number of hydrogen-bond acceptors (Lipinski definition) is 5. The van der Waals surface area contributed by atoms with Crippen LogP contribution in [0.3, 0.4) is 0 Å². The molecule has 0 aliphatic carbocycles. The molecule has 0 radical (unpaired) electrons. The molecular formula is C26H38N4O5. The zero-order valence-electron chi connectivity index (χ0n) is 21.3. The van der Waals surface area contributed by atoms with Gasteiger partial charge in [0.15, 0.2) is 0 Å². The lowest BCUT2D eigenvalue weighted by Gasteiger charge is -2.33. The average molecular weight is 487 g/mol. The maximum Gasteiger partial charge on any atom is 0.407 e. The molecule has 0 spiro atoms. The van der Waals surface area contributed by atoms with Gasteiger partial charge in [-0.05, 0) is 51.7 Å². The van der Waals surface area contributed by atoms with Gasteiger partial charge in [-0.2, -0.15) is 0 Å². The lowest BCUT2D eigenvalue weighted by Crippen LogP contribution is -2.48. The van der Waals surface area contributed by atoms with Crippen LogP contribution in [0.4, 0.5) is 10.5 Å². The molecule has 3 rings (SSSR count). The quantitative estimate of drug-likeness (QED) is 0.576. The number of carbonyl (C=O) groups is 4. The van der Waals surface area contributed by atoms with Gasteiger partial charge in [0.25, 0.3) is 0 Å². The minimum absolute atomic E-state index is 0.0342. The summed E-state index contributed by atoms with van der Waals surface area (Å²) in [6, 6.07) is 7.81. The smallest absolute Gasteiger partial charge is 0.407 e. The third-order valence-electron chi connectivity index (χ3n) is 6.33. The second-order valence-corrected chi connectivity index (χ2v) is 10.2. The summed E-state index contributed by atoms with van der Waals surface area (Å²) in [7, 11) is 0. The maximum absolute atomic E-state index is 13.2. The fraction of sp³-hybridized carbons (Fsp3) is 0.615. The predicted octanol–water partition coefficient (Wildman–Crippen LogP) is 2.48. The first-order valence-electron chi connectivity index (χ1n) is 12.5. The number of alkyl carbamates (subject to hydrolysis) is 1. The molecule has 192 valence electrons. The molecule has 1 aromatic rings. The Labute approximate surface area is 207 Å². The van der Waals surface area contributed by atoms with Crippen LogP contribution in [-0.2, 0) is 25.5 Å². The van der Waals surface area contributed by atoms with Crippen LogP contribution in [-0.4, -0.2) is 67.0 Å². The highest BCUT2D eigenvalue weighted by Crippen LogP contribution is 2.30. The molecule has 1 aromatic carbocycles. The van der Waals surface area contributed by atoms with Crippen molar-refractivity contribution in [3.63, 3.8) is 0 Å². The van der Waals surface area contributed by atoms with E-state index in [0.717, 1.165) is 24.1 Å². The molecule has 0 aromatic heterocycles. The van der Waals surface area contributed by atoms with Crippen LogP contribution in [0.2, 0.25) is 0 Å². The molecule has 2 fully saturated rings. The van der Waals surface area contributed by atoms with E-state index in [-0.39, 0.29) is 43.1 Å². The predicted molar refractivity (Wildman–Crippen MR) is 133 cm³/mol. The van der Waals surface area contributed by atoms with Gasteiger partial charge in [-0.15, -0.1) is 0 Å². The van der Waals surface area contributed by atoms with Gasteiger partial charge < -0.3 is 25.2 Å². The molecule has 2 N–H and O–H groups in total. The Kier molecular flexibility index (Phi) is 8.75. The van der Waals surface area contributed by atoms with Crippen LogP contribution in [0.5, 0.6) is 0 Å². The van der Waals surface area contributed by atoms with Gasteiger partial charge in [-0.25, -0.2) is 4.79 Å². The van der Waals surface area contributed by atoms with Gasteiger partial charge in [0.05, 0.1) is 11.8 Å². The van der Waals surface area contributed by atoms with E-state index in [9.17, 15) is 19.2 Å². The molecule has 2 saturated heterocycles. The van der Waals surface area contributed by atoms with E-state index in [4.69, 9.17) is 4.74 Å². The van der Waals surface area contributed by atoms with Crippen molar-refractivity contribution in [2.24, 2.45) is 11.8 Å². The molecule has 0 bridgehead atoms. The Morgan fingerprint density at radius 2 is 1.77 bits per heavy atom. The van der Waals surface area contributed by atoms with Crippen LogP contribution >= 0.6 is 0 Å². The molecule has 2 heterocycles. The number of carbonyl (C=O) groups excluding carboxylic acids is 4. The molecule has 2 unspecified atom stereocenters. The Bertz CT molecular complexity index is 942. The van der Waals surface area contributed by atoms with Crippen LogP contribution in [0.15, 0.2) is 24.3 Å². The first-order valence-corrected chi connectivity index (χ1v) is 12.5. The highest BCUT2D eigenvalue weighted by molar-refractivity contribution is 6.01. The topological polar surface area (TPSA) is 108 Å². The van der Waals surface area contributed by atoms with Gasteiger partial charge in [0, 0.05) is 44.8 Å². The number of rotatable bonds is 7. The fourth-order valence-electron chi connectivity index (χ4n) is 4.64. The minimum atomic E-state index is -0.578. The standard InChI is InChI=1S/C26H38N4O5/c1-5-18-9-6-7-11-21(18)30-17-20(15-22(30)31)24(33)29-14-8-10-19(16-29)23(32)27-12-13-28-25(34)35-26(2,3)4/h6-7,9,11,19-20H,5,8,10,12-17H2,1-4H3,(H,27,32)(H,28,34). The van der Waals surface area contributed by atoms with E-state index >= 15 is 0 Å². The van der Waals surface area contributed by atoms with Crippen molar-refractivity contribution in [1.82, 2.24) is 15.5 Å². The monoisotopic (exact) mass is 486 g/mol. The lowest BCUT2D eigenvalue weighted by atomic mass is 9.95. The number of ether oxygens (including phenoxy) is 1. The Balaban J connectivity index is 1.49. The zero-order chi connectivity index (χ0) is 25.6. The molecular weight excluding hydrogens is 448 g/mol. The largest absolute Gasteiger partial charge is 0.444 e. The van der Waals surface area contributed by atoms with E-state index in [0.29, 0.717) is 26.1 Å². The summed E-state index contributed by atoms with van der Waals surface area (Å²) >= 11 is 0. The van der Waals surface area contributed by atoms with Gasteiger partial charge in [-0.1, -0.05) is 25.1 Å². The van der Waals surface area contributed by atoms with E-state index in [1.165, 1.54) is 0 Å². The van der Waals surface area contributed by atoms with Crippen molar-refractivity contribution in [3.05, 3.63) is 29.8 Å².